The molecule has 3 rings (SSSR count). The number of benzene rings is 3. The van der Waals surface area contributed by atoms with Gasteiger partial charge in [-0.1, -0.05) is 30.3 Å². The fourth-order valence-electron chi connectivity index (χ4n) is 4.12. The number of nitrogens with zero attached hydrogens (tertiary/aromatic N) is 2. The maximum atomic E-state index is 14.0. The molecule has 3 aromatic carbocycles. The molecular formula is C31H39N3O5S2. The standard InChI is InChI=1S/C31H39N3O5S2/c1-7-39-26-15-13-25(14-16-26)34(41(37,38)28-19-17-27(40-6)18-20-28)22-29(35)33(21-24-11-9-8-10-12-24)23(2)30(36)32-31(3,4)5/h8-20,23H,7,21-22H2,1-6H3,(H,32,36)/t23-/m1/s1. The van der Waals surface area contributed by atoms with Crippen molar-refractivity contribution in [1.29, 1.82) is 0 Å². The highest BCUT2D eigenvalue weighted by atomic mass is 32.2. The van der Waals surface area contributed by atoms with Crippen LogP contribution in [0.4, 0.5) is 5.69 Å². The molecule has 0 aliphatic heterocycles. The Morgan fingerprint density at radius 2 is 1.56 bits per heavy atom. The molecule has 0 spiro atoms. The van der Waals surface area contributed by atoms with Crippen LogP contribution in [0, 0.1) is 0 Å². The van der Waals surface area contributed by atoms with Gasteiger partial charge >= 0.3 is 0 Å². The highest BCUT2D eigenvalue weighted by Gasteiger charge is 2.33. The average Bonchev–Trinajstić information content (AvgIpc) is 2.94. The van der Waals surface area contributed by atoms with Gasteiger partial charge in [-0.2, -0.15) is 0 Å². The molecule has 0 bridgehead atoms. The minimum atomic E-state index is -4.15. The maximum Gasteiger partial charge on any atom is 0.264 e. The molecular weight excluding hydrogens is 558 g/mol. The molecule has 220 valence electrons. The number of carbonyl (C=O) groups excluding carboxylic acids is 2. The normalized spacial score (nSPS) is 12.3. The number of sulfonamides is 1. The van der Waals surface area contributed by atoms with Gasteiger partial charge in [-0.05, 0) is 95.0 Å². The second-order valence-corrected chi connectivity index (χ2v) is 13.3. The van der Waals surface area contributed by atoms with Gasteiger partial charge in [0.15, 0.2) is 0 Å². The smallest absolute Gasteiger partial charge is 0.264 e. The molecule has 3 aromatic rings. The second kappa shape index (κ2) is 13.9. The molecule has 0 saturated carbocycles. The van der Waals surface area contributed by atoms with E-state index in [1.807, 2.05) is 64.3 Å². The van der Waals surface area contributed by atoms with Crippen LogP contribution < -0.4 is 14.4 Å². The molecule has 0 aromatic heterocycles. The summed E-state index contributed by atoms with van der Waals surface area (Å²) in [4.78, 5) is 29.6. The Balaban J connectivity index is 2.03. The van der Waals surface area contributed by atoms with Crippen molar-refractivity contribution in [1.82, 2.24) is 10.2 Å². The van der Waals surface area contributed by atoms with Crippen LogP contribution in [0.1, 0.15) is 40.2 Å². The number of carbonyl (C=O) groups is 2. The topological polar surface area (TPSA) is 96.0 Å². The number of ether oxygens (including phenoxy) is 1. The van der Waals surface area contributed by atoms with E-state index in [-0.39, 0.29) is 17.3 Å². The van der Waals surface area contributed by atoms with Crippen LogP contribution in [-0.2, 0) is 26.2 Å². The predicted molar refractivity (Wildman–Crippen MR) is 165 cm³/mol. The largest absolute Gasteiger partial charge is 0.494 e. The number of amides is 2. The molecule has 0 heterocycles. The first-order valence-corrected chi connectivity index (χ1v) is 16.1. The Bertz CT molecular complexity index is 1400. The van der Waals surface area contributed by atoms with Gasteiger partial charge in [-0.3, -0.25) is 13.9 Å². The number of nitrogens with one attached hydrogen (secondary N) is 1. The summed E-state index contributed by atoms with van der Waals surface area (Å²) in [7, 11) is -4.15. The van der Waals surface area contributed by atoms with Crippen molar-refractivity contribution in [2.24, 2.45) is 0 Å². The van der Waals surface area contributed by atoms with E-state index in [1.165, 1.54) is 28.8 Å². The molecule has 2 amide bonds. The number of thioether (sulfide) groups is 1. The van der Waals surface area contributed by atoms with Crippen molar-refractivity contribution in [2.45, 2.75) is 62.5 Å². The molecule has 0 aliphatic rings. The van der Waals surface area contributed by atoms with E-state index in [1.54, 1.807) is 43.3 Å². The lowest BCUT2D eigenvalue weighted by atomic mass is 10.1. The SMILES string of the molecule is CCOc1ccc(N(CC(=O)N(Cc2ccccc2)[C@H](C)C(=O)NC(C)(C)C)S(=O)(=O)c2ccc(SC)cc2)cc1. The zero-order valence-electron chi connectivity index (χ0n) is 24.5. The van der Waals surface area contributed by atoms with E-state index in [4.69, 9.17) is 4.74 Å². The van der Waals surface area contributed by atoms with Crippen LogP contribution in [0.3, 0.4) is 0 Å². The second-order valence-electron chi connectivity index (χ2n) is 10.5. The van der Waals surface area contributed by atoms with Crippen molar-refractivity contribution >= 4 is 39.3 Å². The summed E-state index contributed by atoms with van der Waals surface area (Å²) >= 11 is 1.50. The number of anilines is 1. The summed E-state index contributed by atoms with van der Waals surface area (Å²) in [6.45, 7) is 9.21. The molecule has 0 radical (unpaired) electrons. The van der Waals surface area contributed by atoms with E-state index in [9.17, 15) is 18.0 Å². The lowest BCUT2D eigenvalue weighted by Crippen LogP contribution is -2.54. The quantitative estimate of drug-likeness (QED) is 0.284. The van der Waals surface area contributed by atoms with Gasteiger partial charge in [-0.15, -0.1) is 11.8 Å². The minimum Gasteiger partial charge on any atom is -0.494 e. The molecule has 41 heavy (non-hydrogen) atoms. The molecule has 0 unspecified atom stereocenters. The summed E-state index contributed by atoms with van der Waals surface area (Å²) < 4.78 is 34.6. The zero-order chi connectivity index (χ0) is 30.2. The highest BCUT2D eigenvalue weighted by Crippen LogP contribution is 2.28. The summed E-state index contributed by atoms with van der Waals surface area (Å²) in [5.41, 5.74) is 0.620. The van der Waals surface area contributed by atoms with E-state index in [2.05, 4.69) is 5.32 Å². The van der Waals surface area contributed by atoms with Crippen LogP contribution in [0.25, 0.3) is 0 Å². The third-order valence-corrected chi connectivity index (χ3v) is 8.75. The molecule has 1 N–H and O–H groups in total. The van der Waals surface area contributed by atoms with Crippen LogP contribution >= 0.6 is 11.8 Å². The number of rotatable bonds is 12. The third kappa shape index (κ3) is 8.74. The summed E-state index contributed by atoms with van der Waals surface area (Å²) in [5.74, 6) is -0.254. The van der Waals surface area contributed by atoms with E-state index in [0.29, 0.717) is 18.0 Å². The first-order valence-electron chi connectivity index (χ1n) is 13.4. The lowest BCUT2D eigenvalue weighted by molar-refractivity contribution is -0.140. The Morgan fingerprint density at radius 3 is 2.10 bits per heavy atom. The van der Waals surface area contributed by atoms with Gasteiger partial charge in [0.1, 0.15) is 18.3 Å². The van der Waals surface area contributed by atoms with E-state index < -0.39 is 34.1 Å². The van der Waals surface area contributed by atoms with Crippen molar-refractivity contribution < 1.29 is 22.7 Å². The Labute approximate surface area is 248 Å². The predicted octanol–water partition coefficient (Wildman–Crippen LogP) is 5.33. The fraction of sp³-hybridized carbons (Fsp3) is 0.355. The first kappa shape index (κ1) is 32.0. The monoisotopic (exact) mass is 597 g/mol. The Morgan fingerprint density at radius 1 is 0.951 bits per heavy atom. The van der Waals surface area contributed by atoms with Crippen molar-refractivity contribution in [3.63, 3.8) is 0 Å². The molecule has 1 atom stereocenters. The Hall–Kier alpha value is -3.50. The average molecular weight is 598 g/mol. The molecule has 10 heteroatoms. The number of hydrogen-bond donors (Lipinski definition) is 1. The summed E-state index contributed by atoms with van der Waals surface area (Å²) in [6, 6.07) is 21.6. The van der Waals surface area contributed by atoms with Crippen LogP contribution in [0.15, 0.2) is 88.7 Å². The molecule has 0 fully saturated rings. The Kier molecular flexibility index (Phi) is 10.9. The van der Waals surface area contributed by atoms with E-state index in [0.717, 1.165) is 14.8 Å². The van der Waals surface area contributed by atoms with Crippen LogP contribution in [0.5, 0.6) is 5.75 Å². The molecule has 0 saturated heterocycles. The van der Waals surface area contributed by atoms with Crippen LogP contribution in [0.2, 0.25) is 0 Å². The first-order chi connectivity index (χ1) is 19.4. The summed E-state index contributed by atoms with van der Waals surface area (Å²) in [5, 5.41) is 2.93. The van der Waals surface area contributed by atoms with Crippen molar-refractivity contribution in [3.05, 3.63) is 84.4 Å². The van der Waals surface area contributed by atoms with Gasteiger partial charge in [0.05, 0.1) is 17.2 Å². The fourth-order valence-corrected chi connectivity index (χ4v) is 5.94. The van der Waals surface area contributed by atoms with Gasteiger partial charge in [-0.25, -0.2) is 8.42 Å². The van der Waals surface area contributed by atoms with Gasteiger partial charge < -0.3 is 15.0 Å². The van der Waals surface area contributed by atoms with Gasteiger partial charge in [0.2, 0.25) is 11.8 Å². The van der Waals surface area contributed by atoms with Crippen molar-refractivity contribution in [2.75, 3.05) is 23.7 Å². The third-order valence-electron chi connectivity index (χ3n) is 6.22. The minimum absolute atomic E-state index is 0.0603. The maximum absolute atomic E-state index is 14.0. The van der Waals surface area contributed by atoms with Crippen LogP contribution in [-0.4, -0.2) is 56.1 Å². The highest BCUT2D eigenvalue weighted by molar-refractivity contribution is 7.98. The number of hydrogen-bond acceptors (Lipinski definition) is 6. The molecule has 0 aliphatic carbocycles. The molecule has 8 nitrogen and oxygen atoms in total. The van der Waals surface area contributed by atoms with Gasteiger partial charge in [0, 0.05) is 17.0 Å². The zero-order valence-corrected chi connectivity index (χ0v) is 26.1. The van der Waals surface area contributed by atoms with Gasteiger partial charge in [0.25, 0.3) is 10.0 Å². The summed E-state index contributed by atoms with van der Waals surface area (Å²) in [6.07, 6.45) is 1.91. The lowest BCUT2D eigenvalue weighted by Gasteiger charge is -2.33. The van der Waals surface area contributed by atoms with Crippen molar-refractivity contribution in [3.8, 4) is 5.75 Å². The van der Waals surface area contributed by atoms with E-state index >= 15 is 0 Å².